The first-order chi connectivity index (χ1) is 43.4. The molecule has 0 rings (SSSR count). The van der Waals surface area contributed by atoms with E-state index < -0.39 is 97.5 Å². The third kappa shape index (κ3) is 63.5. The van der Waals surface area contributed by atoms with Crippen molar-refractivity contribution in [3.8, 4) is 0 Å². The van der Waals surface area contributed by atoms with Crippen LogP contribution in [0.25, 0.3) is 0 Å². The maximum Gasteiger partial charge on any atom is 0.472 e. The monoisotopic (exact) mass is 1320 g/mol. The fourth-order valence-electron chi connectivity index (χ4n) is 10.7. The lowest BCUT2D eigenvalue weighted by Crippen LogP contribution is -2.30. The van der Waals surface area contributed by atoms with E-state index >= 15 is 0 Å². The fraction of sp³-hybridized carbons (Fsp3) is 0.944. The first kappa shape index (κ1) is 88.1. The van der Waals surface area contributed by atoms with Crippen molar-refractivity contribution in [2.75, 3.05) is 39.6 Å². The molecular weight excluding hydrogens is 1190 g/mol. The molecule has 0 saturated heterocycles. The third-order valence-electron chi connectivity index (χ3n) is 16.8. The van der Waals surface area contributed by atoms with E-state index in [2.05, 4.69) is 41.5 Å². The van der Waals surface area contributed by atoms with Crippen molar-refractivity contribution >= 4 is 39.5 Å². The van der Waals surface area contributed by atoms with Crippen LogP contribution >= 0.6 is 15.6 Å². The minimum Gasteiger partial charge on any atom is -0.462 e. The number of rotatable bonds is 70. The Bertz CT molecular complexity index is 1750. The number of esters is 4. The molecule has 0 spiro atoms. The van der Waals surface area contributed by atoms with Gasteiger partial charge in [0.25, 0.3) is 0 Å². The molecule has 0 saturated carbocycles. The third-order valence-corrected chi connectivity index (χ3v) is 18.7. The molecule has 90 heavy (non-hydrogen) atoms. The van der Waals surface area contributed by atoms with E-state index in [9.17, 15) is 43.2 Å². The van der Waals surface area contributed by atoms with E-state index in [1.807, 2.05) is 0 Å². The molecule has 19 heteroatoms. The molecule has 17 nitrogen and oxygen atoms in total. The zero-order valence-electron chi connectivity index (χ0n) is 58.4. The zero-order valence-corrected chi connectivity index (χ0v) is 60.2. The van der Waals surface area contributed by atoms with Crippen molar-refractivity contribution in [2.45, 2.75) is 381 Å². The van der Waals surface area contributed by atoms with Gasteiger partial charge < -0.3 is 33.8 Å². The lowest BCUT2D eigenvalue weighted by Gasteiger charge is -2.21. The quantitative estimate of drug-likeness (QED) is 0.0222. The van der Waals surface area contributed by atoms with E-state index in [1.54, 1.807) is 0 Å². The molecule has 534 valence electrons. The van der Waals surface area contributed by atoms with Crippen LogP contribution in [-0.2, 0) is 65.4 Å². The normalized spacial score (nSPS) is 14.4. The molecule has 0 heterocycles. The molecule has 0 aliphatic carbocycles. The average Bonchev–Trinajstić information content (AvgIpc) is 3.00. The molecule has 0 amide bonds. The highest BCUT2D eigenvalue weighted by molar-refractivity contribution is 7.47. The number of aliphatic hydroxyl groups is 1. The number of hydrogen-bond acceptors (Lipinski definition) is 15. The largest absolute Gasteiger partial charge is 0.472 e. The summed E-state index contributed by atoms with van der Waals surface area (Å²) in [6.07, 6.45) is 49.1. The highest BCUT2D eigenvalue weighted by Gasteiger charge is 2.30. The number of phosphoric acid groups is 2. The van der Waals surface area contributed by atoms with Crippen molar-refractivity contribution in [1.82, 2.24) is 0 Å². The maximum absolute atomic E-state index is 13.0. The highest BCUT2D eigenvalue weighted by Crippen LogP contribution is 2.45. The summed E-state index contributed by atoms with van der Waals surface area (Å²) in [7, 11) is -9.89. The van der Waals surface area contributed by atoms with Gasteiger partial charge in [0.15, 0.2) is 12.2 Å². The maximum atomic E-state index is 13.0. The first-order valence-corrected chi connectivity index (χ1v) is 40.0. The number of phosphoric ester groups is 2. The molecule has 6 atom stereocenters. The Kier molecular flexibility index (Phi) is 61.8. The standard InChI is InChI=1S/C71H138O17P2/c1-7-10-12-14-16-18-19-20-21-22-23-24-25-26-27-28-29-30-31-35-43-49-55-70(75)87-66(59-82-69(74)54-48-42-36-32-33-39-45-51-63(4)5)61-85-89(77,78)83-57-65(72)58-84-90(79,80)86-62-67(60-81-68(73)53-47-41-34-17-15-13-11-8-2)88-71(76)56-50-44-38-37-40-46-52-64(6)9-3/h63-67,72H,7-62H2,1-6H3,(H,77,78)(H,79,80)/t64?,65-,66-,67-/m1/s1. The van der Waals surface area contributed by atoms with Gasteiger partial charge in [-0.3, -0.25) is 37.3 Å². The van der Waals surface area contributed by atoms with Crippen molar-refractivity contribution in [3.05, 3.63) is 0 Å². The number of aliphatic hydroxyl groups excluding tert-OH is 1. The van der Waals surface area contributed by atoms with Crippen LogP contribution < -0.4 is 0 Å². The van der Waals surface area contributed by atoms with Crippen LogP contribution in [0.15, 0.2) is 0 Å². The van der Waals surface area contributed by atoms with E-state index in [0.717, 1.165) is 109 Å². The highest BCUT2D eigenvalue weighted by atomic mass is 31.2. The Morgan fingerprint density at radius 3 is 0.844 bits per heavy atom. The minimum absolute atomic E-state index is 0.103. The SMILES string of the molecule is CCCCCCCCCCCCCCCCCCCCCCCCC(=O)O[C@H](COC(=O)CCCCCCCCCC(C)C)COP(=O)(O)OC[C@@H](O)COP(=O)(O)OC[C@@H](COC(=O)CCCCCCCCCC)OC(=O)CCCCCCCCC(C)CC. The van der Waals surface area contributed by atoms with Crippen LogP contribution in [0.4, 0.5) is 0 Å². The topological polar surface area (TPSA) is 237 Å². The molecule has 0 bridgehead atoms. The van der Waals surface area contributed by atoms with Gasteiger partial charge in [0, 0.05) is 25.7 Å². The predicted octanol–water partition coefficient (Wildman–Crippen LogP) is 20.4. The number of unbranched alkanes of at least 4 members (excludes halogenated alkanes) is 39. The van der Waals surface area contributed by atoms with E-state index in [1.165, 1.54) is 167 Å². The van der Waals surface area contributed by atoms with Gasteiger partial charge in [0.05, 0.1) is 26.4 Å². The average molecular weight is 1330 g/mol. The van der Waals surface area contributed by atoms with Crippen LogP contribution in [0.3, 0.4) is 0 Å². The van der Waals surface area contributed by atoms with Gasteiger partial charge in [-0.15, -0.1) is 0 Å². The van der Waals surface area contributed by atoms with Crippen molar-refractivity contribution in [1.29, 1.82) is 0 Å². The summed E-state index contributed by atoms with van der Waals surface area (Å²) in [5, 5.41) is 10.6. The fourth-order valence-corrected chi connectivity index (χ4v) is 12.3. The lowest BCUT2D eigenvalue weighted by molar-refractivity contribution is -0.161. The van der Waals surface area contributed by atoms with E-state index in [-0.39, 0.29) is 25.7 Å². The number of ether oxygens (including phenoxy) is 4. The summed E-state index contributed by atoms with van der Waals surface area (Å²) >= 11 is 0. The Balaban J connectivity index is 5.11. The summed E-state index contributed by atoms with van der Waals surface area (Å²) in [4.78, 5) is 72.4. The number of carbonyl (C=O) groups is 4. The van der Waals surface area contributed by atoms with Crippen molar-refractivity contribution in [3.63, 3.8) is 0 Å². The predicted molar refractivity (Wildman–Crippen MR) is 363 cm³/mol. The Morgan fingerprint density at radius 2 is 0.567 bits per heavy atom. The molecule has 0 radical (unpaired) electrons. The Labute approximate surface area is 549 Å². The van der Waals surface area contributed by atoms with E-state index in [0.29, 0.717) is 31.6 Å². The molecule has 3 N–H and O–H groups in total. The van der Waals surface area contributed by atoms with Crippen molar-refractivity contribution < 1.29 is 80.2 Å². The van der Waals surface area contributed by atoms with Gasteiger partial charge in [-0.2, -0.15) is 0 Å². The summed E-state index contributed by atoms with van der Waals surface area (Å²) in [5.41, 5.74) is 0. The smallest absolute Gasteiger partial charge is 0.462 e. The van der Waals surface area contributed by atoms with Crippen molar-refractivity contribution in [2.24, 2.45) is 11.8 Å². The van der Waals surface area contributed by atoms with Crippen LogP contribution in [0.2, 0.25) is 0 Å². The van der Waals surface area contributed by atoms with Gasteiger partial charge >= 0.3 is 39.5 Å². The molecule has 0 fully saturated rings. The molecule has 0 aliphatic rings. The summed E-state index contributed by atoms with van der Waals surface area (Å²) in [5.74, 6) is -0.707. The number of hydrogen-bond donors (Lipinski definition) is 3. The van der Waals surface area contributed by atoms with Crippen LogP contribution in [0, 0.1) is 11.8 Å². The molecule has 0 aromatic heterocycles. The van der Waals surface area contributed by atoms with Gasteiger partial charge in [-0.25, -0.2) is 9.13 Å². The molecule has 0 aromatic carbocycles. The molecular formula is C71H138O17P2. The summed E-state index contributed by atoms with van der Waals surface area (Å²) in [6.45, 7) is 9.41. The van der Waals surface area contributed by atoms with Gasteiger partial charge in [0.1, 0.15) is 19.3 Å². The number of carbonyl (C=O) groups excluding carboxylic acids is 4. The molecule has 0 aliphatic heterocycles. The van der Waals surface area contributed by atoms with Crippen LogP contribution in [0.5, 0.6) is 0 Å². The summed E-state index contributed by atoms with van der Waals surface area (Å²) in [6, 6.07) is 0. The van der Waals surface area contributed by atoms with Crippen LogP contribution in [-0.4, -0.2) is 96.7 Å². The second kappa shape index (κ2) is 63.1. The molecule has 3 unspecified atom stereocenters. The van der Waals surface area contributed by atoms with Gasteiger partial charge in [0.2, 0.25) is 0 Å². The lowest BCUT2D eigenvalue weighted by atomic mass is 10.00. The second-order valence-corrected chi connectivity index (χ2v) is 29.3. The second-order valence-electron chi connectivity index (χ2n) is 26.3. The van der Waals surface area contributed by atoms with E-state index in [4.69, 9.17) is 37.0 Å². The first-order valence-electron chi connectivity index (χ1n) is 37.0. The van der Waals surface area contributed by atoms with Gasteiger partial charge in [-0.1, -0.05) is 311 Å². The molecule has 0 aromatic rings. The summed E-state index contributed by atoms with van der Waals surface area (Å²) < 4.78 is 68.1. The van der Waals surface area contributed by atoms with Crippen LogP contribution in [0.1, 0.15) is 363 Å². The minimum atomic E-state index is -4.95. The zero-order chi connectivity index (χ0) is 66.5. The Morgan fingerprint density at radius 1 is 0.322 bits per heavy atom. The van der Waals surface area contributed by atoms with Gasteiger partial charge in [-0.05, 0) is 37.5 Å². The Hall–Kier alpha value is -1.94.